The highest BCUT2D eigenvalue weighted by molar-refractivity contribution is 7.15. The molecule has 4 amide bonds. The van der Waals surface area contributed by atoms with Crippen LogP contribution in [0.3, 0.4) is 0 Å². The highest BCUT2D eigenvalue weighted by atomic mass is 35.5. The Morgan fingerprint density at radius 2 is 1.65 bits per heavy atom. The molecule has 2 aromatic carbocycles. The minimum absolute atomic E-state index is 0.0225. The first-order valence-corrected chi connectivity index (χ1v) is 25.4. The molecule has 0 bridgehead atoms. The molecule has 71 heavy (non-hydrogen) atoms. The second-order valence-corrected chi connectivity index (χ2v) is 21.3. The Hall–Kier alpha value is -6.54. The van der Waals surface area contributed by atoms with E-state index < -0.39 is 54.0 Å². The predicted octanol–water partition coefficient (Wildman–Crippen LogP) is 6.96. The van der Waals surface area contributed by atoms with Gasteiger partial charge in [-0.2, -0.15) is 0 Å². The Morgan fingerprint density at radius 1 is 0.915 bits per heavy atom. The van der Waals surface area contributed by atoms with E-state index in [1.54, 1.807) is 34.8 Å². The number of nitrogens with one attached hydrogen (secondary N) is 3. The fraction of sp³-hybridized carbons (Fsp3) is 0.392. The number of fused-ring (bicyclic) bond motifs is 3. The van der Waals surface area contributed by atoms with Crippen molar-refractivity contribution in [2.24, 2.45) is 10.4 Å². The molecule has 5 atom stereocenters. The molecular formula is C51H57ClN10O7S2. The maximum absolute atomic E-state index is 14.2. The summed E-state index contributed by atoms with van der Waals surface area (Å²) in [5.41, 5.74) is 7.64. The third-order valence-corrected chi connectivity index (χ3v) is 15.0. The van der Waals surface area contributed by atoms with Crippen LogP contribution >= 0.6 is 34.3 Å². The van der Waals surface area contributed by atoms with Gasteiger partial charge in [-0.1, -0.05) is 68.8 Å². The Morgan fingerprint density at radius 3 is 2.32 bits per heavy atom. The van der Waals surface area contributed by atoms with E-state index in [-0.39, 0.29) is 56.1 Å². The number of carbonyl (C=O) groups is 4. The quantitative estimate of drug-likeness (QED) is 0.0727. The first-order chi connectivity index (χ1) is 33.9. The van der Waals surface area contributed by atoms with Crippen molar-refractivity contribution < 1.29 is 33.8 Å². The van der Waals surface area contributed by atoms with Crippen molar-refractivity contribution in [2.75, 3.05) is 26.3 Å². The van der Waals surface area contributed by atoms with Gasteiger partial charge in [0.25, 0.3) is 5.91 Å². The summed E-state index contributed by atoms with van der Waals surface area (Å²) in [6, 6.07) is 15.6. The monoisotopic (exact) mass is 1020 g/mol. The number of carbonyl (C=O) groups excluding carboxylic acids is 4. The maximum atomic E-state index is 14.2. The van der Waals surface area contributed by atoms with Crippen LogP contribution < -0.4 is 25.4 Å². The number of rotatable bonds is 16. The third-order valence-electron chi connectivity index (χ3n) is 12.5. The second kappa shape index (κ2) is 21.4. The van der Waals surface area contributed by atoms with Gasteiger partial charge in [-0.15, -0.1) is 32.9 Å². The number of benzene rings is 2. The number of hydrogen-bond acceptors (Lipinski definition) is 14. The average Bonchev–Trinajstić information content (AvgIpc) is 4.11. The summed E-state index contributed by atoms with van der Waals surface area (Å²) in [7, 11) is 0. The van der Waals surface area contributed by atoms with Gasteiger partial charge in [0.2, 0.25) is 23.6 Å². The van der Waals surface area contributed by atoms with Crippen LogP contribution in [0, 0.1) is 33.1 Å². The first-order valence-electron chi connectivity index (χ1n) is 23.3. The lowest BCUT2D eigenvalue weighted by molar-refractivity contribution is -0.144. The lowest BCUT2D eigenvalue weighted by Gasteiger charge is -2.35. The zero-order chi connectivity index (χ0) is 50.7. The summed E-state index contributed by atoms with van der Waals surface area (Å²) in [6.45, 7) is 15.1. The van der Waals surface area contributed by atoms with Crippen molar-refractivity contribution in [3.05, 3.63) is 122 Å². The number of aryl methyl sites for hydroxylation is 3. The van der Waals surface area contributed by atoms with Crippen LogP contribution in [0.1, 0.15) is 97.1 Å². The number of thiazole rings is 1. The molecule has 0 unspecified atom stereocenters. The van der Waals surface area contributed by atoms with E-state index in [1.165, 1.54) is 11.1 Å². The zero-order valence-corrected chi connectivity index (χ0v) is 43.2. The highest BCUT2D eigenvalue weighted by Crippen LogP contribution is 2.40. The minimum Gasteiger partial charge on any atom is -0.482 e. The fourth-order valence-electron chi connectivity index (χ4n) is 8.63. The van der Waals surface area contributed by atoms with Crippen LogP contribution in [0.15, 0.2) is 77.4 Å². The number of ether oxygens (including phenoxy) is 2. The SMILES string of the molecule is Cc1ncsc1-c1ccc([C@H](C)NC(=O)[C@@H]2C[C@@H](O)CN2C(=O)[C@@H](NC(=O)COc2ccc(OCCNC(=O)C[C@@H]3N=C(c4ccc(Cl)cc4)c4c(sc(C)c4C)-n4c(C)nnc43)nc2)C(C)(C)C)cc1. The molecule has 8 rings (SSSR count). The molecule has 20 heteroatoms. The molecule has 1 saturated heterocycles. The van der Waals surface area contributed by atoms with Crippen molar-refractivity contribution in [3.63, 3.8) is 0 Å². The summed E-state index contributed by atoms with van der Waals surface area (Å²) in [6.07, 6.45) is 0.580. The maximum Gasteiger partial charge on any atom is 0.258 e. The molecule has 6 heterocycles. The standard InChI is InChI=1S/C51H57ClN10O7S2/c1-27-30(4)71-50-43(27)44(33-13-15-35(52)16-14-33)57-38(47-60-59-31(5)62(47)50)22-40(64)53-19-20-68-42-18-17-37(23-54-42)69-25-41(65)58-46(51(6,7)8)49(67)61-24-36(63)21-39(61)48(66)56-28(2)32-9-11-34(12-10-32)45-29(3)55-26-70-45/h9-18,23,26,28,36,38-39,46,63H,19-22,24-25H2,1-8H3,(H,53,64)(H,56,66)(H,58,65)/t28-,36+,38-,39-,46+/m0/s1. The molecule has 1 fully saturated rings. The lowest BCUT2D eigenvalue weighted by Crippen LogP contribution is -2.58. The van der Waals surface area contributed by atoms with Gasteiger partial charge in [-0.3, -0.25) is 28.7 Å². The number of aliphatic hydroxyl groups excluding tert-OH is 1. The van der Waals surface area contributed by atoms with Crippen LogP contribution in [0.5, 0.6) is 11.6 Å². The minimum atomic E-state index is -1.03. The number of halogens is 1. The number of hydrogen-bond donors (Lipinski definition) is 4. The summed E-state index contributed by atoms with van der Waals surface area (Å²) in [4.78, 5) is 72.0. The van der Waals surface area contributed by atoms with E-state index in [0.29, 0.717) is 16.7 Å². The molecule has 17 nitrogen and oxygen atoms in total. The fourth-order valence-corrected chi connectivity index (χ4v) is 10.8. The van der Waals surface area contributed by atoms with Crippen molar-refractivity contribution in [1.29, 1.82) is 0 Å². The van der Waals surface area contributed by atoms with E-state index in [0.717, 1.165) is 54.0 Å². The summed E-state index contributed by atoms with van der Waals surface area (Å²) >= 11 is 9.45. The molecule has 2 aliphatic rings. The largest absolute Gasteiger partial charge is 0.482 e. The number of aliphatic hydroxyl groups is 1. The molecule has 0 saturated carbocycles. The lowest BCUT2D eigenvalue weighted by atomic mass is 9.85. The number of pyridine rings is 1. The summed E-state index contributed by atoms with van der Waals surface area (Å²) < 4.78 is 13.5. The van der Waals surface area contributed by atoms with Gasteiger partial charge >= 0.3 is 0 Å². The molecule has 372 valence electrons. The summed E-state index contributed by atoms with van der Waals surface area (Å²) in [5, 5.41) is 29.8. The highest BCUT2D eigenvalue weighted by Gasteiger charge is 2.45. The van der Waals surface area contributed by atoms with Gasteiger partial charge in [0.15, 0.2) is 12.4 Å². The van der Waals surface area contributed by atoms with Crippen molar-refractivity contribution >= 4 is 63.6 Å². The van der Waals surface area contributed by atoms with Gasteiger partial charge in [-0.05, 0) is 74.9 Å². The van der Waals surface area contributed by atoms with Gasteiger partial charge in [0.05, 0.1) is 53.1 Å². The smallest absolute Gasteiger partial charge is 0.258 e. The van der Waals surface area contributed by atoms with E-state index in [9.17, 15) is 24.3 Å². The van der Waals surface area contributed by atoms with Crippen LogP contribution in [-0.4, -0.2) is 109 Å². The molecule has 0 radical (unpaired) electrons. The van der Waals surface area contributed by atoms with E-state index in [4.69, 9.17) is 26.1 Å². The Kier molecular flexibility index (Phi) is 15.4. The molecule has 4 N–H and O–H groups in total. The number of amides is 4. The van der Waals surface area contributed by atoms with Crippen LogP contribution in [0.4, 0.5) is 0 Å². The van der Waals surface area contributed by atoms with Gasteiger partial charge in [-0.25, -0.2) is 9.97 Å². The predicted molar refractivity (Wildman–Crippen MR) is 272 cm³/mol. The second-order valence-electron chi connectivity index (χ2n) is 18.8. The number of nitrogens with zero attached hydrogens (tertiary/aromatic N) is 7. The topological polar surface area (TPSA) is 215 Å². The van der Waals surface area contributed by atoms with Crippen LogP contribution in [0.25, 0.3) is 15.4 Å². The van der Waals surface area contributed by atoms with Crippen molar-refractivity contribution in [3.8, 4) is 27.1 Å². The van der Waals surface area contributed by atoms with Gasteiger partial charge < -0.3 is 35.4 Å². The molecule has 0 aliphatic carbocycles. The van der Waals surface area contributed by atoms with Crippen molar-refractivity contribution in [2.45, 2.75) is 98.5 Å². The summed E-state index contributed by atoms with van der Waals surface area (Å²) in [5.74, 6) is 0.148. The Balaban J connectivity index is 0.815. The van der Waals surface area contributed by atoms with E-state index in [2.05, 4.69) is 50.0 Å². The molecule has 0 spiro atoms. The van der Waals surface area contributed by atoms with E-state index >= 15 is 0 Å². The first kappa shape index (κ1) is 50.8. The number of likely N-dealkylation sites (tertiary alicyclic amines) is 1. The third kappa shape index (κ3) is 11.5. The molecule has 4 aromatic heterocycles. The van der Waals surface area contributed by atoms with Crippen molar-refractivity contribution in [1.82, 2.24) is 45.6 Å². The molecular weight excluding hydrogens is 964 g/mol. The van der Waals surface area contributed by atoms with Crippen LogP contribution in [0.2, 0.25) is 5.02 Å². The molecule has 2 aliphatic heterocycles. The Labute approximate surface area is 425 Å². The van der Waals surface area contributed by atoms with E-state index in [1.807, 2.05) is 100 Å². The number of aliphatic imine (C=N–C) groups is 1. The molecule has 6 aromatic rings. The average molecular weight is 1020 g/mol. The van der Waals surface area contributed by atoms with Crippen LogP contribution in [-0.2, 0) is 19.2 Å². The normalized spacial score (nSPS) is 17.3. The zero-order valence-electron chi connectivity index (χ0n) is 40.8. The van der Waals surface area contributed by atoms with Gasteiger partial charge in [0.1, 0.15) is 41.3 Å². The number of thiophene rings is 1. The number of aromatic nitrogens is 5. The Bertz CT molecular complexity index is 2950. The number of β-amino-alcohol motifs (C(OH)–C–C–N with tert-alkyl or cyclic N) is 1. The van der Waals surface area contributed by atoms with Gasteiger partial charge in [0, 0.05) is 40.1 Å².